The van der Waals surface area contributed by atoms with Crippen LogP contribution in [-0.2, 0) is 6.54 Å². The monoisotopic (exact) mass is 377 g/mol. The molecule has 0 aliphatic heterocycles. The SMILES string of the molecule is CCNC(=NCC(O)c1ccccc1Cl)NCCCn1nc(C)cc1C. The summed E-state index contributed by atoms with van der Waals surface area (Å²) in [6.45, 7) is 8.71. The lowest BCUT2D eigenvalue weighted by Crippen LogP contribution is -2.38. The van der Waals surface area contributed by atoms with Gasteiger partial charge in [0, 0.05) is 35.9 Å². The van der Waals surface area contributed by atoms with E-state index in [1.165, 1.54) is 5.69 Å². The number of halogens is 1. The number of aryl methyl sites for hydroxylation is 3. The van der Waals surface area contributed by atoms with Crippen molar-refractivity contribution in [2.24, 2.45) is 4.99 Å². The Bertz CT molecular complexity index is 728. The van der Waals surface area contributed by atoms with Gasteiger partial charge in [0.15, 0.2) is 5.96 Å². The number of rotatable bonds is 8. The second-order valence-electron chi connectivity index (χ2n) is 6.19. The lowest BCUT2D eigenvalue weighted by molar-refractivity contribution is 0.187. The Morgan fingerprint density at radius 1 is 1.31 bits per heavy atom. The molecule has 2 aromatic rings. The van der Waals surface area contributed by atoms with Crippen molar-refractivity contribution in [2.45, 2.75) is 39.8 Å². The summed E-state index contributed by atoms with van der Waals surface area (Å²) in [5, 5.41) is 21.8. The predicted molar refractivity (Wildman–Crippen MR) is 107 cm³/mol. The van der Waals surface area contributed by atoms with E-state index in [1.54, 1.807) is 6.07 Å². The smallest absolute Gasteiger partial charge is 0.191 e. The Balaban J connectivity index is 1.84. The van der Waals surface area contributed by atoms with E-state index in [1.807, 2.05) is 36.7 Å². The quantitative estimate of drug-likeness (QED) is 0.375. The molecule has 6 nitrogen and oxygen atoms in total. The Morgan fingerprint density at radius 3 is 2.73 bits per heavy atom. The van der Waals surface area contributed by atoms with Crippen molar-refractivity contribution in [3.05, 3.63) is 52.3 Å². The molecule has 0 saturated carbocycles. The van der Waals surface area contributed by atoms with Crippen LogP contribution in [0.15, 0.2) is 35.3 Å². The summed E-state index contributed by atoms with van der Waals surface area (Å²) in [5.41, 5.74) is 2.91. The van der Waals surface area contributed by atoms with Crippen molar-refractivity contribution >= 4 is 17.6 Å². The molecule has 142 valence electrons. The van der Waals surface area contributed by atoms with E-state index in [0.29, 0.717) is 16.5 Å². The number of hydrogen-bond donors (Lipinski definition) is 3. The molecule has 0 radical (unpaired) electrons. The van der Waals surface area contributed by atoms with Crippen LogP contribution >= 0.6 is 11.6 Å². The summed E-state index contributed by atoms with van der Waals surface area (Å²) >= 11 is 6.12. The summed E-state index contributed by atoms with van der Waals surface area (Å²) < 4.78 is 2.02. The molecular weight excluding hydrogens is 350 g/mol. The zero-order valence-electron chi connectivity index (χ0n) is 15.7. The molecular formula is C19H28ClN5O. The molecule has 3 N–H and O–H groups in total. The fraction of sp³-hybridized carbons (Fsp3) is 0.474. The highest BCUT2D eigenvalue weighted by molar-refractivity contribution is 6.31. The van der Waals surface area contributed by atoms with E-state index < -0.39 is 6.10 Å². The zero-order valence-corrected chi connectivity index (χ0v) is 16.4. The molecule has 1 unspecified atom stereocenters. The molecule has 0 aliphatic carbocycles. The maximum absolute atomic E-state index is 10.3. The molecule has 0 fully saturated rings. The molecule has 0 spiro atoms. The van der Waals surface area contributed by atoms with Crippen molar-refractivity contribution < 1.29 is 5.11 Å². The highest BCUT2D eigenvalue weighted by Crippen LogP contribution is 2.22. The first-order valence-electron chi connectivity index (χ1n) is 8.97. The minimum Gasteiger partial charge on any atom is -0.386 e. The minimum atomic E-state index is -0.728. The van der Waals surface area contributed by atoms with Crippen LogP contribution in [0.5, 0.6) is 0 Å². The lowest BCUT2D eigenvalue weighted by Gasteiger charge is -2.14. The summed E-state index contributed by atoms with van der Waals surface area (Å²) in [4.78, 5) is 4.46. The summed E-state index contributed by atoms with van der Waals surface area (Å²) in [5.74, 6) is 0.687. The molecule has 7 heteroatoms. The molecule has 26 heavy (non-hydrogen) atoms. The van der Waals surface area contributed by atoms with Gasteiger partial charge in [-0.2, -0.15) is 5.10 Å². The minimum absolute atomic E-state index is 0.247. The van der Waals surface area contributed by atoms with Gasteiger partial charge in [0.05, 0.1) is 12.2 Å². The highest BCUT2D eigenvalue weighted by Gasteiger charge is 2.10. The van der Waals surface area contributed by atoms with E-state index in [-0.39, 0.29) is 6.54 Å². The van der Waals surface area contributed by atoms with Crippen molar-refractivity contribution in [3.63, 3.8) is 0 Å². The second-order valence-corrected chi connectivity index (χ2v) is 6.59. The predicted octanol–water partition coefficient (Wildman–Crippen LogP) is 2.83. The van der Waals surface area contributed by atoms with Crippen molar-refractivity contribution in [1.29, 1.82) is 0 Å². The topological polar surface area (TPSA) is 74.5 Å². The average Bonchev–Trinajstić information content (AvgIpc) is 2.94. The standard InChI is InChI=1S/C19H28ClN5O/c1-4-21-19(22-10-7-11-25-15(3)12-14(2)24-25)23-13-18(26)16-8-5-6-9-17(16)20/h5-6,8-9,12,18,26H,4,7,10-11,13H2,1-3H3,(H2,21,22,23). The maximum atomic E-state index is 10.3. The normalized spacial score (nSPS) is 12.9. The van der Waals surface area contributed by atoms with Gasteiger partial charge in [-0.1, -0.05) is 29.8 Å². The van der Waals surface area contributed by atoms with E-state index >= 15 is 0 Å². The molecule has 1 heterocycles. The highest BCUT2D eigenvalue weighted by atomic mass is 35.5. The van der Waals surface area contributed by atoms with Gasteiger partial charge in [-0.3, -0.25) is 9.67 Å². The molecule has 1 aromatic carbocycles. The van der Waals surface area contributed by atoms with Crippen LogP contribution in [0.4, 0.5) is 0 Å². The first kappa shape index (κ1) is 20.3. The van der Waals surface area contributed by atoms with Crippen LogP contribution < -0.4 is 10.6 Å². The van der Waals surface area contributed by atoms with Crippen molar-refractivity contribution in [1.82, 2.24) is 20.4 Å². The summed E-state index contributed by atoms with van der Waals surface area (Å²) in [6, 6.07) is 9.37. The number of benzene rings is 1. The Morgan fingerprint density at radius 2 is 2.08 bits per heavy atom. The molecule has 0 saturated heterocycles. The lowest BCUT2D eigenvalue weighted by atomic mass is 10.1. The number of hydrogen-bond acceptors (Lipinski definition) is 3. The van der Waals surface area contributed by atoms with Crippen molar-refractivity contribution in [2.75, 3.05) is 19.6 Å². The summed E-state index contributed by atoms with van der Waals surface area (Å²) in [6.07, 6.45) is 0.202. The number of aliphatic hydroxyl groups is 1. The molecule has 0 bridgehead atoms. The Kier molecular flexibility index (Phi) is 7.94. The molecule has 2 rings (SSSR count). The maximum Gasteiger partial charge on any atom is 0.191 e. The van der Waals surface area contributed by atoms with Gasteiger partial charge in [0.2, 0.25) is 0 Å². The third-order valence-electron chi connectivity index (χ3n) is 3.97. The number of nitrogens with one attached hydrogen (secondary N) is 2. The fourth-order valence-electron chi connectivity index (χ4n) is 2.70. The van der Waals surface area contributed by atoms with E-state index in [2.05, 4.69) is 33.7 Å². The van der Waals surface area contributed by atoms with Gasteiger partial charge in [-0.05, 0) is 39.3 Å². The fourth-order valence-corrected chi connectivity index (χ4v) is 2.96. The van der Waals surface area contributed by atoms with Gasteiger partial charge in [-0.25, -0.2) is 0 Å². The van der Waals surface area contributed by atoms with Crippen LogP contribution in [0.25, 0.3) is 0 Å². The average molecular weight is 378 g/mol. The van der Waals surface area contributed by atoms with Crippen molar-refractivity contribution in [3.8, 4) is 0 Å². The molecule has 0 amide bonds. The molecule has 1 atom stereocenters. The third kappa shape index (κ3) is 6.04. The second kappa shape index (κ2) is 10.2. The summed E-state index contributed by atoms with van der Waals surface area (Å²) in [7, 11) is 0. The number of aliphatic imine (C=N–C) groups is 1. The molecule has 0 aliphatic rings. The van der Waals surface area contributed by atoms with Gasteiger partial charge in [0.25, 0.3) is 0 Å². The van der Waals surface area contributed by atoms with Gasteiger partial charge in [0.1, 0.15) is 6.10 Å². The van der Waals surface area contributed by atoms with E-state index in [0.717, 1.165) is 31.7 Å². The van der Waals surface area contributed by atoms with Gasteiger partial charge < -0.3 is 15.7 Å². The first-order valence-corrected chi connectivity index (χ1v) is 9.34. The number of aliphatic hydroxyl groups excluding tert-OH is 1. The van der Waals surface area contributed by atoms with Gasteiger partial charge in [-0.15, -0.1) is 0 Å². The Hall–Kier alpha value is -2.05. The van der Waals surface area contributed by atoms with Crippen LogP contribution in [0.1, 0.15) is 36.4 Å². The van der Waals surface area contributed by atoms with E-state index in [9.17, 15) is 5.11 Å². The number of aromatic nitrogens is 2. The molecule has 1 aromatic heterocycles. The van der Waals surface area contributed by atoms with Crippen LogP contribution in [0.3, 0.4) is 0 Å². The first-order chi connectivity index (χ1) is 12.5. The third-order valence-corrected chi connectivity index (χ3v) is 4.32. The number of guanidine groups is 1. The van der Waals surface area contributed by atoms with Crippen LogP contribution in [0.2, 0.25) is 5.02 Å². The van der Waals surface area contributed by atoms with Crippen LogP contribution in [-0.4, -0.2) is 40.5 Å². The van der Waals surface area contributed by atoms with E-state index in [4.69, 9.17) is 11.6 Å². The Labute approximate surface area is 160 Å². The largest absolute Gasteiger partial charge is 0.386 e. The zero-order chi connectivity index (χ0) is 18.9. The number of nitrogens with zero attached hydrogens (tertiary/aromatic N) is 3. The van der Waals surface area contributed by atoms with Crippen LogP contribution in [0, 0.1) is 13.8 Å². The van der Waals surface area contributed by atoms with Gasteiger partial charge >= 0.3 is 0 Å².